The molecule has 1 saturated carbocycles. The molecule has 0 bridgehead atoms. The summed E-state index contributed by atoms with van der Waals surface area (Å²) in [5.41, 5.74) is 1.69. The van der Waals surface area contributed by atoms with Gasteiger partial charge >= 0.3 is 0 Å². The first kappa shape index (κ1) is 11.5. The van der Waals surface area contributed by atoms with Crippen molar-refractivity contribution in [1.82, 2.24) is 0 Å². The van der Waals surface area contributed by atoms with Gasteiger partial charge in [-0.15, -0.1) is 0 Å². The third-order valence-corrected chi connectivity index (χ3v) is 3.56. The number of hydrogen-bond acceptors (Lipinski definition) is 2. The molecule has 1 aliphatic rings. The van der Waals surface area contributed by atoms with Crippen molar-refractivity contribution in [3.8, 4) is 6.07 Å². The lowest BCUT2D eigenvalue weighted by molar-refractivity contribution is 0.462. The summed E-state index contributed by atoms with van der Waals surface area (Å²) in [7, 11) is 0. The van der Waals surface area contributed by atoms with Gasteiger partial charge in [-0.3, -0.25) is 0 Å². The molecule has 0 radical (unpaired) electrons. The van der Waals surface area contributed by atoms with Gasteiger partial charge in [-0.1, -0.05) is 35.2 Å². The van der Waals surface area contributed by atoms with Crippen LogP contribution in [0.15, 0.2) is 22.7 Å². The van der Waals surface area contributed by atoms with Crippen LogP contribution in [0.1, 0.15) is 37.7 Å². The summed E-state index contributed by atoms with van der Waals surface area (Å²) >= 11 is 3.44. The van der Waals surface area contributed by atoms with E-state index in [1.54, 1.807) is 0 Å². The SMILES string of the molecule is N#Cc1ccc(Br)cc1NC1CCCCC1. The van der Waals surface area contributed by atoms with Gasteiger partial charge in [0.2, 0.25) is 0 Å². The van der Waals surface area contributed by atoms with Crippen LogP contribution in [0.3, 0.4) is 0 Å². The van der Waals surface area contributed by atoms with E-state index >= 15 is 0 Å². The van der Waals surface area contributed by atoms with Crippen LogP contribution in [0.2, 0.25) is 0 Å². The van der Waals surface area contributed by atoms with Crippen molar-refractivity contribution in [2.75, 3.05) is 5.32 Å². The number of halogens is 1. The van der Waals surface area contributed by atoms with Gasteiger partial charge < -0.3 is 5.32 Å². The Labute approximate surface area is 105 Å². The van der Waals surface area contributed by atoms with Gasteiger partial charge in [0.15, 0.2) is 0 Å². The van der Waals surface area contributed by atoms with E-state index in [9.17, 15) is 0 Å². The largest absolute Gasteiger partial charge is 0.381 e. The van der Waals surface area contributed by atoms with Crippen molar-refractivity contribution in [3.05, 3.63) is 28.2 Å². The van der Waals surface area contributed by atoms with Crippen LogP contribution in [0.4, 0.5) is 5.69 Å². The zero-order valence-electron chi connectivity index (χ0n) is 9.17. The Balaban J connectivity index is 2.13. The topological polar surface area (TPSA) is 35.8 Å². The van der Waals surface area contributed by atoms with E-state index in [2.05, 4.69) is 27.3 Å². The van der Waals surface area contributed by atoms with Crippen LogP contribution in [0.5, 0.6) is 0 Å². The predicted octanol–water partition coefficient (Wildman–Crippen LogP) is 4.07. The molecule has 1 aromatic rings. The molecule has 0 aliphatic heterocycles. The summed E-state index contributed by atoms with van der Waals surface area (Å²) in [5.74, 6) is 0. The molecule has 1 aliphatic carbocycles. The molecule has 2 nitrogen and oxygen atoms in total. The van der Waals surface area contributed by atoms with Gasteiger partial charge in [-0.05, 0) is 31.0 Å². The van der Waals surface area contributed by atoms with E-state index in [1.807, 2.05) is 18.2 Å². The second kappa shape index (κ2) is 5.36. The van der Waals surface area contributed by atoms with Crippen LogP contribution in [0, 0.1) is 11.3 Å². The Morgan fingerprint density at radius 2 is 2.00 bits per heavy atom. The Hall–Kier alpha value is -1.01. The van der Waals surface area contributed by atoms with E-state index < -0.39 is 0 Å². The normalized spacial score (nSPS) is 16.8. The lowest BCUT2D eigenvalue weighted by Crippen LogP contribution is -2.22. The minimum absolute atomic E-state index is 0.537. The molecule has 0 amide bonds. The number of hydrogen-bond donors (Lipinski definition) is 1. The minimum atomic E-state index is 0.537. The maximum atomic E-state index is 9.03. The number of nitrogens with one attached hydrogen (secondary N) is 1. The first-order valence-corrected chi connectivity index (χ1v) is 6.55. The summed E-state index contributed by atoms with van der Waals surface area (Å²) in [6.07, 6.45) is 6.39. The van der Waals surface area contributed by atoms with E-state index in [0.717, 1.165) is 15.7 Å². The summed E-state index contributed by atoms with van der Waals surface area (Å²) in [6.45, 7) is 0. The molecular formula is C13H15BrN2. The fraction of sp³-hybridized carbons (Fsp3) is 0.462. The standard InChI is InChI=1S/C13H15BrN2/c14-11-7-6-10(9-15)13(8-11)16-12-4-2-1-3-5-12/h6-8,12,16H,1-5H2. The molecule has 1 N–H and O–H groups in total. The van der Waals surface area contributed by atoms with Crippen molar-refractivity contribution in [2.45, 2.75) is 38.1 Å². The van der Waals surface area contributed by atoms with Gasteiger partial charge in [0, 0.05) is 10.5 Å². The van der Waals surface area contributed by atoms with Gasteiger partial charge in [0.05, 0.1) is 11.3 Å². The molecule has 16 heavy (non-hydrogen) atoms. The van der Waals surface area contributed by atoms with Crippen molar-refractivity contribution >= 4 is 21.6 Å². The minimum Gasteiger partial charge on any atom is -0.381 e. The third kappa shape index (κ3) is 2.76. The molecule has 3 heteroatoms. The number of nitrogens with zero attached hydrogens (tertiary/aromatic N) is 1. The number of rotatable bonds is 2. The molecule has 1 fully saturated rings. The number of anilines is 1. The molecule has 0 heterocycles. The Morgan fingerprint density at radius 3 is 2.69 bits per heavy atom. The monoisotopic (exact) mass is 278 g/mol. The van der Waals surface area contributed by atoms with Gasteiger partial charge in [0.1, 0.15) is 6.07 Å². The molecule has 84 valence electrons. The summed E-state index contributed by atoms with van der Waals surface area (Å²) in [4.78, 5) is 0. The highest BCUT2D eigenvalue weighted by Gasteiger charge is 2.14. The van der Waals surface area contributed by atoms with Crippen molar-refractivity contribution in [3.63, 3.8) is 0 Å². The Bertz CT molecular complexity index is 403. The first-order valence-electron chi connectivity index (χ1n) is 5.76. The highest BCUT2D eigenvalue weighted by Crippen LogP contribution is 2.25. The molecule has 0 atom stereocenters. The zero-order valence-corrected chi connectivity index (χ0v) is 10.8. The maximum absolute atomic E-state index is 9.03. The highest BCUT2D eigenvalue weighted by molar-refractivity contribution is 9.10. The average molecular weight is 279 g/mol. The smallest absolute Gasteiger partial charge is 0.101 e. The second-order valence-corrected chi connectivity index (χ2v) is 5.20. The summed E-state index contributed by atoms with van der Waals surface area (Å²) in [5, 5.41) is 12.5. The van der Waals surface area contributed by atoms with Crippen LogP contribution in [-0.4, -0.2) is 6.04 Å². The fourth-order valence-corrected chi connectivity index (χ4v) is 2.56. The van der Waals surface area contributed by atoms with Crippen molar-refractivity contribution < 1.29 is 0 Å². The first-order chi connectivity index (χ1) is 7.79. The molecule has 0 unspecified atom stereocenters. The zero-order chi connectivity index (χ0) is 11.4. The summed E-state index contributed by atoms with van der Waals surface area (Å²) in [6, 6.07) is 8.52. The molecule has 0 saturated heterocycles. The summed E-state index contributed by atoms with van der Waals surface area (Å²) < 4.78 is 1.02. The maximum Gasteiger partial charge on any atom is 0.101 e. The second-order valence-electron chi connectivity index (χ2n) is 4.28. The molecule has 1 aromatic carbocycles. The van der Waals surface area contributed by atoms with Gasteiger partial charge in [-0.2, -0.15) is 5.26 Å². The van der Waals surface area contributed by atoms with Crippen LogP contribution < -0.4 is 5.32 Å². The molecular weight excluding hydrogens is 264 g/mol. The van der Waals surface area contributed by atoms with Crippen LogP contribution in [0.25, 0.3) is 0 Å². The van der Waals surface area contributed by atoms with Crippen LogP contribution >= 0.6 is 15.9 Å². The van der Waals surface area contributed by atoms with Crippen molar-refractivity contribution in [1.29, 1.82) is 5.26 Å². The quantitative estimate of drug-likeness (QED) is 0.885. The average Bonchev–Trinajstić information content (AvgIpc) is 2.31. The highest BCUT2D eigenvalue weighted by atomic mass is 79.9. The predicted molar refractivity (Wildman–Crippen MR) is 69.4 cm³/mol. The Morgan fingerprint density at radius 1 is 1.25 bits per heavy atom. The van der Waals surface area contributed by atoms with E-state index in [1.165, 1.54) is 32.1 Å². The Kier molecular flexibility index (Phi) is 3.84. The lowest BCUT2D eigenvalue weighted by atomic mass is 9.95. The molecule has 0 aromatic heterocycles. The van der Waals surface area contributed by atoms with E-state index in [4.69, 9.17) is 5.26 Å². The van der Waals surface area contributed by atoms with Gasteiger partial charge in [-0.25, -0.2) is 0 Å². The third-order valence-electron chi connectivity index (χ3n) is 3.07. The molecule has 0 spiro atoms. The van der Waals surface area contributed by atoms with Crippen LogP contribution in [-0.2, 0) is 0 Å². The number of nitriles is 1. The molecule has 2 rings (SSSR count). The van der Waals surface area contributed by atoms with E-state index in [0.29, 0.717) is 6.04 Å². The fourth-order valence-electron chi connectivity index (χ4n) is 2.20. The number of benzene rings is 1. The van der Waals surface area contributed by atoms with E-state index in [-0.39, 0.29) is 0 Å². The lowest BCUT2D eigenvalue weighted by Gasteiger charge is -2.24. The van der Waals surface area contributed by atoms with Crippen molar-refractivity contribution in [2.24, 2.45) is 0 Å². The van der Waals surface area contributed by atoms with Gasteiger partial charge in [0.25, 0.3) is 0 Å².